The molecule has 4 rings (SSSR count). The molecule has 0 spiro atoms. The zero-order valence-electron chi connectivity index (χ0n) is 14.9. The molecule has 7 heteroatoms. The van der Waals surface area contributed by atoms with Crippen LogP contribution in [0.25, 0.3) is 11.4 Å². The van der Waals surface area contributed by atoms with Crippen molar-refractivity contribution in [3.63, 3.8) is 0 Å². The minimum Gasteiger partial charge on any atom is -0.485 e. The van der Waals surface area contributed by atoms with Crippen LogP contribution in [0, 0.1) is 12.7 Å². The lowest BCUT2D eigenvalue weighted by atomic mass is 10.1. The molecular weight excluding hydrogens is 369 g/mol. The fourth-order valence-corrected chi connectivity index (χ4v) is 3.32. The first-order chi connectivity index (χ1) is 13.1. The summed E-state index contributed by atoms with van der Waals surface area (Å²) in [6.45, 7) is 3.38. The highest BCUT2D eigenvalue weighted by molar-refractivity contribution is 6.33. The molecule has 0 amide bonds. The molecular formula is C20H19ClFN3O2. The fraction of sp³-hybridized carbons (Fsp3) is 0.300. The van der Waals surface area contributed by atoms with Crippen LogP contribution in [0.1, 0.15) is 23.9 Å². The van der Waals surface area contributed by atoms with E-state index < -0.39 is 0 Å². The third kappa shape index (κ3) is 3.82. The van der Waals surface area contributed by atoms with Crippen molar-refractivity contribution < 1.29 is 13.9 Å². The van der Waals surface area contributed by atoms with E-state index in [-0.39, 0.29) is 18.5 Å². The van der Waals surface area contributed by atoms with Gasteiger partial charge in [0.1, 0.15) is 18.2 Å². The summed E-state index contributed by atoms with van der Waals surface area (Å²) in [5, 5.41) is 5.28. The first-order valence-corrected chi connectivity index (χ1v) is 9.16. The van der Waals surface area contributed by atoms with Crippen LogP contribution >= 0.6 is 11.6 Å². The largest absolute Gasteiger partial charge is 0.485 e. The maximum absolute atomic E-state index is 13.3. The SMILES string of the molecule is Cc1cccc(-c2nc(COc3cccc(F)c3)nn2C2CCOC2)c1Cl. The zero-order chi connectivity index (χ0) is 18.8. The second kappa shape index (κ2) is 7.66. The van der Waals surface area contributed by atoms with Crippen LogP contribution in [0.3, 0.4) is 0 Å². The lowest BCUT2D eigenvalue weighted by molar-refractivity contribution is 0.184. The Bertz CT molecular complexity index is 954. The lowest BCUT2D eigenvalue weighted by Crippen LogP contribution is -2.12. The number of nitrogens with zero attached hydrogens (tertiary/aromatic N) is 3. The van der Waals surface area contributed by atoms with Crippen LogP contribution in [0.4, 0.5) is 4.39 Å². The molecule has 1 unspecified atom stereocenters. The van der Waals surface area contributed by atoms with Gasteiger partial charge in [-0.1, -0.05) is 29.8 Å². The molecule has 140 valence electrons. The van der Waals surface area contributed by atoms with Gasteiger partial charge in [-0.2, -0.15) is 5.10 Å². The molecule has 1 atom stereocenters. The van der Waals surface area contributed by atoms with Gasteiger partial charge in [-0.3, -0.25) is 0 Å². The minimum absolute atomic E-state index is 0.104. The molecule has 2 aromatic carbocycles. The van der Waals surface area contributed by atoms with E-state index in [2.05, 4.69) is 10.1 Å². The van der Waals surface area contributed by atoms with E-state index >= 15 is 0 Å². The molecule has 1 aromatic heterocycles. The Balaban J connectivity index is 1.66. The number of hydrogen-bond donors (Lipinski definition) is 0. The van der Waals surface area contributed by atoms with Gasteiger partial charge in [0.15, 0.2) is 11.6 Å². The van der Waals surface area contributed by atoms with Crippen LogP contribution in [-0.2, 0) is 11.3 Å². The number of hydrogen-bond acceptors (Lipinski definition) is 4. The average molecular weight is 388 g/mol. The van der Waals surface area contributed by atoms with Gasteiger partial charge in [0.2, 0.25) is 0 Å². The fourth-order valence-electron chi connectivity index (χ4n) is 3.11. The highest BCUT2D eigenvalue weighted by Crippen LogP contribution is 2.32. The maximum Gasteiger partial charge on any atom is 0.188 e. The first kappa shape index (κ1) is 17.9. The first-order valence-electron chi connectivity index (χ1n) is 8.79. The molecule has 2 heterocycles. The van der Waals surface area contributed by atoms with Crippen LogP contribution < -0.4 is 4.74 Å². The number of aromatic nitrogens is 3. The molecule has 1 aliphatic rings. The standard InChI is InChI=1S/C20H19ClFN3O2/c1-13-4-2-7-17(19(13)21)20-23-18(24-25(20)15-8-9-26-11-15)12-27-16-6-3-5-14(22)10-16/h2-7,10,15H,8-9,11-12H2,1H3. The van der Waals surface area contributed by atoms with Gasteiger partial charge in [-0.25, -0.2) is 14.1 Å². The molecule has 1 aliphatic heterocycles. The molecule has 0 aliphatic carbocycles. The van der Waals surface area contributed by atoms with E-state index in [0.29, 0.717) is 35.6 Å². The smallest absolute Gasteiger partial charge is 0.188 e. The third-order valence-electron chi connectivity index (χ3n) is 4.52. The van der Waals surface area contributed by atoms with Crippen molar-refractivity contribution in [1.82, 2.24) is 14.8 Å². The van der Waals surface area contributed by atoms with Crippen molar-refractivity contribution >= 4 is 11.6 Å². The second-order valence-electron chi connectivity index (χ2n) is 6.50. The molecule has 0 saturated carbocycles. The molecule has 0 bridgehead atoms. The number of halogens is 2. The summed E-state index contributed by atoms with van der Waals surface area (Å²) in [5.74, 6) is 1.29. The molecule has 1 fully saturated rings. The van der Waals surface area contributed by atoms with Gasteiger partial charge >= 0.3 is 0 Å². The predicted molar refractivity (Wildman–Crippen MR) is 100 cm³/mol. The Kier molecular flexibility index (Phi) is 5.09. The third-order valence-corrected chi connectivity index (χ3v) is 5.03. The van der Waals surface area contributed by atoms with Crippen molar-refractivity contribution in [2.24, 2.45) is 0 Å². The van der Waals surface area contributed by atoms with E-state index in [1.54, 1.807) is 12.1 Å². The molecule has 5 nitrogen and oxygen atoms in total. The van der Waals surface area contributed by atoms with E-state index in [1.807, 2.05) is 29.8 Å². The second-order valence-corrected chi connectivity index (χ2v) is 6.87. The van der Waals surface area contributed by atoms with Crippen LogP contribution in [0.15, 0.2) is 42.5 Å². The summed E-state index contributed by atoms with van der Waals surface area (Å²) in [6, 6.07) is 11.9. The van der Waals surface area contributed by atoms with Gasteiger partial charge in [0.05, 0.1) is 17.7 Å². The van der Waals surface area contributed by atoms with Crippen molar-refractivity contribution in [3.8, 4) is 17.1 Å². The summed E-state index contributed by atoms with van der Waals surface area (Å²) in [6.07, 6.45) is 0.865. The van der Waals surface area contributed by atoms with Gasteiger partial charge < -0.3 is 9.47 Å². The highest BCUT2D eigenvalue weighted by Gasteiger charge is 2.25. The normalized spacial score (nSPS) is 16.6. The summed E-state index contributed by atoms with van der Waals surface area (Å²) >= 11 is 6.52. The topological polar surface area (TPSA) is 49.2 Å². The average Bonchev–Trinajstić information content (AvgIpc) is 3.32. The molecule has 3 aromatic rings. The maximum atomic E-state index is 13.3. The van der Waals surface area contributed by atoms with Gasteiger partial charge in [0, 0.05) is 18.2 Å². The van der Waals surface area contributed by atoms with Crippen molar-refractivity contribution in [2.45, 2.75) is 26.0 Å². The Morgan fingerprint density at radius 2 is 2.15 bits per heavy atom. The zero-order valence-corrected chi connectivity index (χ0v) is 15.6. The highest BCUT2D eigenvalue weighted by atomic mass is 35.5. The monoisotopic (exact) mass is 387 g/mol. The Labute approximate surface area is 161 Å². The minimum atomic E-state index is -0.346. The molecule has 0 N–H and O–H groups in total. The van der Waals surface area contributed by atoms with Crippen LogP contribution in [0.2, 0.25) is 5.02 Å². The molecule has 1 saturated heterocycles. The van der Waals surface area contributed by atoms with Crippen LogP contribution in [0.5, 0.6) is 5.75 Å². The van der Waals surface area contributed by atoms with E-state index in [9.17, 15) is 4.39 Å². The van der Waals surface area contributed by atoms with Crippen molar-refractivity contribution in [1.29, 1.82) is 0 Å². The summed E-state index contributed by atoms with van der Waals surface area (Å²) < 4.78 is 26.4. The van der Waals surface area contributed by atoms with E-state index in [4.69, 9.17) is 21.1 Å². The van der Waals surface area contributed by atoms with Crippen molar-refractivity contribution in [3.05, 3.63) is 64.7 Å². The van der Waals surface area contributed by atoms with Crippen LogP contribution in [-0.4, -0.2) is 28.0 Å². The summed E-state index contributed by atoms with van der Waals surface area (Å²) in [4.78, 5) is 4.66. The van der Waals surface area contributed by atoms with E-state index in [1.165, 1.54) is 12.1 Å². The molecule has 27 heavy (non-hydrogen) atoms. The molecule has 0 radical (unpaired) electrons. The predicted octanol–water partition coefficient (Wildman–Crippen LogP) is 4.59. The van der Waals surface area contributed by atoms with Gasteiger partial charge in [0.25, 0.3) is 0 Å². The Hall–Kier alpha value is -2.44. The van der Waals surface area contributed by atoms with E-state index in [0.717, 1.165) is 17.5 Å². The summed E-state index contributed by atoms with van der Waals surface area (Å²) in [5.41, 5.74) is 1.80. The van der Waals surface area contributed by atoms with Gasteiger partial charge in [-0.05, 0) is 37.1 Å². The number of aryl methyl sites for hydroxylation is 1. The van der Waals surface area contributed by atoms with Crippen molar-refractivity contribution in [2.75, 3.05) is 13.2 Å². The van der Waals surface area contributed by atoms with Gasteiger partial charge in [-0.15, -0.1) is 0 Å². The Morgan fingerprint density at radius 3 is 2.93 bits per heavy atom. The number of ether oxygens (including phenoxy) is 2. The number of benzene rings is 2. The Morgan fingerprint density at radius 1 is 1.30 bits per heavy atom. The quantitative estimate of drug-likeness (QED) is 0.642. The summed E-state index contributed by atoms with van der Waals surface area (Å²) in [7, 11) is 0. The number of rotatable bonds is 5. The lowest BCUT2D eigenvalue weighted by Gasteiger charge is -2.13.